The monoisotopic (exact) mass is 473 g/mol. The van der Waals surface area contributed by atoms with Gasteiger partial charge in [-0.2, -0.15) is 0 Å². The van der Waals surface area contributed by atoms with Crippen LogP contribution in [0.2, 0.25) is 5.15 Å². The molecular formula is C22H24ClN5O3S. The Balaban J connectivity index is 2.21. The van der Waals surface area contributed by atoms with Crippen LogP contribution in [-0.2, 0) is 11.0 Å². The quantitative estimate of drug-likeness (QED) is 0.369. The maximum absolute atomic E-state index is 13.2. The molecular weight excluding hydrogens is 450 g/mol. The number of fused-ring (bicyclic) bond motifs is 1. The number of benzene rings is 1. The molecule has 2 atom stereocenters. The van der Waals surface area contributed by atoms with Gasteiger partial charge in [0.2, 0.25) is 0 Å². The van der Waals surface area contributed by atoms with Gasteiger partial charge in [-0.1, -0.05) is 17.7 Å². The van der Waals surface area contributed by atoms with Gasteiger partial charge in [0.05, 0.1) is 22.7 Å². The summed E-state index contributed by atoms with van der Waals surface area (Å²) in [6.45, 7) is 5.48. The Labute approximate surface area is 193 Å². The summed E-state index contributed by atoms with van der Waals surface area (Å²) in [4.78, 5) is 21.2. The zero-order valence-corrected chi connectivity index (χ0v) is 19.7. The van der Waals surface area contributed by atoms with E-state index in [0.29, 0.717) is 33.6 Å². The summed E-state index contributed by atoms with van der Waals surface area (Å²) >= 11 is 5.93. The summed E-state index contributed by atoms with van der Waals surface area (Å²) < 4.78 is 18.2. The molecule has 3 aromatic rings. The summed E-state index contributed by atoms with van der Waals surface area (Å²) in [5, 5.41) is 9.59. The third-order valence-corrected chi connectivity index (χ3v) is 5.86. The minimum atomic E-state index is -1.84. The van der Waals surface area contributed by atoms with Crippen LogP contribution in [0.3, 0.4) is 0 Å². The number of rotatable bonds is 6. The zero-order chi connectivity index (χ0) is 23.6. The lowest BCUT2D eigenvalue weighted by Gasteiger charge is -2.20. The third-order valence-electron chi connectivity index (χ3n) is 4.96. The van der Waals surface area contributed by atoms with Gasteiger partial charge < -0.3 is 15.5 Å². The van der Waals surface area contributed by atoms with E-state index in [2.05, 4.69) is 15.3 Å². The van der Waals surface area contributed by atoms with Crippen molar-refractivity contribution < 1.29 is 8.63 Å². The standard InChI is InChI=1S/C22H24ClN5O3S/c1-11-7-15(13(3)27-17-5-6-18(23)28-22(17)32(25)30)21-16(8-11)19(29)12(2)20(31-21)14(9-24)10-26-4/h5-10,13,27H,24-25H2,1-4H3/b14-9+,26-10?. The molecule has 0 saturated heterocycles. The Hall–Kier alpha value is -3.01. The van der Waals surface area contributed by atoms with Gasteiger partial charge in [0.25, 0.3) is 0 Å². The predicted octanol–water partition coefficient (Wildman–Crippen LogP) is 3.61. The number of aliphatic imine (C=N–C) groups is 1. The molecule has 1 aromatic carbocycles. The number of halogens is 1. The van der Waals surface area contributed by atoms with Gasteiger partial charge in [-0.3, -0.25) is 9.79 Å². The van der Waals surface area contributed by atoms with Gasteiger partial charge in [0.15, 0.2) is 10.5 Å². The number of pyridine rings is 1. The fraction of sp³-hybridized carbons (Fsp3) is 0.227. The van der Waals surface area contributed by atoms with Crippen molar-refractivity contribution in [3.8, 4) is 0 Å². The second kappa shape index (κ2) is 9.64. The first-order valence-electron chi connectivity index (χ1n) is 9.69. The summed E-state index contributed by atoms with van der Waals surface area (Å²) in [6.07, 6.45) is 2.89. The minimum Gasteiger partial charge on any atom is -0.455 e. The van der Waals surface area contributed by atoms with E-state index in [4.69, 9.17) is 26.9 Å². The Morgan fingerprint density at radius 1 is 1.34 bits per heavy atom. The van der Waals surface area contributed by atoms with Gasteiger partial charge >= 0.3 is 0 Å². The molecule has 32 heavy (non-hydrogen) atoms. The van der Waals surface area contributed by atoms with Crippen LogP contribution < -0.4 is 21.6 Å². The van der Waals surface area contributed by atoms with Crippen molar-refractivity contribution in [1.29, 1.82) is 0 Å². The normalized spacial score (nSPS) is 14.1. The molecule has 0 radical (unpaired) electrons. The van der Waals surface area contributed by atoms with Crippen molar-refractivity contribution in [2.75, 3.05) is 12.4 Å². The molecule has 5 N–H and O–H groups in total. The summed E-state index contributed by atoms with van der Waals surface area (Å²) in [5.74, 6) is 0.352. The highest BCUT2D eigenvalue weighted by Crippen LogP contribution is 2.31. The van der Waals surface area contributed by atoms with E-state index in [-0.39, 0.29) is 21.6 Å². The molecule has 0 spiro atoms. The third kappa shape index (κ3) is 4.59. The average Bonchev–Trinajstić information content (AvgIpc) is 2.75. The van der Waals surface area contributed by atoms with Crippen LogP contribution in [0.15, 0.2) is 49.7 Å². The highest BCUT2D eigenvalue weighted by molar-refractivity contribution is 7.82. The molecule has 10 heteroatoms. The highest BCUT2D eigenvalue weighted by atomic mass is 35.5. The fourth-order valence-corrected chi connectivity index (χ4v) is 4.20. The maximum atomic E-state index is 13.2. The van der Waals surface area contributed by atoms with Crippen LogP contribution in [0, 0.1) is 13.8 Å². The molecule has 0 bridgehead atoms. The first-order valence-corrected chi connectivity index (χ1v) is 11.3. The first-order chi connectivity index (χ1) is 15.2. The molecule has 168 valence electrons. The van der Waals surface area contributed by atoms with Crippen LogP contribution >= 0.6 is 11.6 Å². The minimum absolute atomic E-state index is 0.131. The van der Waals surface area contributed by atoms with E-state index in [9.17, 15) is 9.00 Å². The lowest BCUT2D eigenvalue weighted by molar-refractivity contribution is 0.575. The Morgan fingerprint density at radius 2 is 2.06 bits per heavy atom. The molecule has 0 fully saturated rings. The first kappa shape index (κ1) is 23.6. The number of nitrogens with one attached hydrogen (secondary N) is 1. The molecule has 3 rings (SSSR count). The van der Waals surface area contributed by atoms with Crippen molar-refractivity contribution in [2.24, 2.45) is 15.9 Å². The predicted molar refractivity (Wildman–Crippen MR) is 130 cm³/mol. The molecule has 8 nitrogen and oxygen atoms in total. The number of anilines is 1. The van der Waals surface area contributed by atoms with E-state index in [1.54, 1.807) is 32.2 Å². The van der Waals surface area contributed by atoms with Gasteiger partial charge in [0.1, 0.15) is 27.5 Å². The van der Waals surface area contributed by atoms with E-state index < -0.39 is 11.0 Å². The van der Waals surface area contributed by atoms with Gasteiger partial charge in [-0.15, -0.1) is 0 Å². The van der Waals surface area contributed by atoms with Gasteiger partial charge in [-0.25, -0.2) is 14.3 Å². The SMILES string of the molecule is CN=C/C(=C\N)c1oc2c(C(C)Nc3ccc(Cl)nc3S(N)=O)cc(C)cc2c(=O)c1C. The number of nitrogens with zero attached hydrogens (tertiary/aromatic N) is 2. The van der Waals surface area contributed by atoms with Crippen LogP contribution in [-0.4, -0.2) is 22.5 Å². The van der Waals surface area contributed by atoms with E-state index in [0.717, 1.165) is 11.1 Å². The molecule has 0 aliphatic rings. The summed E-state index contributed by atoms with van der Waals surface area (Å²) in [7, 11) is -0.234. The van der Waals surface area contributed by atoms with E-state index in [1.165, 1.54) is 12.4 Å². The van der Waals surface area contributed by atoms with Gasteiger partial charge in [0, 0.05) is 30.6 Å². The maximum Gasteiger partial charge on any atom is 0.196 e. The zero-order valence-electron chi connectivity index (χ0n) is 18.1. The fourth-order valence-electron chi connectivity index (χ4n) is 3.47. The van der Waals surface area contributed by atoms with Crippen molar-refractivity contribution in [3.05, 3.63) is 68.3 Å². The summed E-state index contributed by atoms with van der Waals surface area (Å²) in [6, 6.07) is 6.59. The average molecular weight is 474 g/mol. The van der Waals surface area contributed by atoms with E-state index in [1.807, 2.05) is 19.9 Å². The lowest BCUT2D eigenvalue weighted by atomic mass is 9.99. The largest absolute Gasteiger partial charge is 0.455 e. The van der Waals surface area contributed by atoms with Crippen molar-refractivity contribution in [2.45, 2.75) is 31.8 Å². The van der Waals surface area contributed by atoms with Crippen molar-refractivity contribution >= 4 is 51.0 Å². The smallest absolute Gasteiger partial charge is 0.196 e. The number of aromatic nitrogens is 1. The van der Waals surface area contributed by atoms with Crippen molar-refractivity contribution in [1.82, 2.24) is 4.98 Å². The van der Waals surface area contributed by atoms with Crippen LogP contribution in [0.1, 0.15) is 35.4 Å². The molecule has 0 saturated carbocycles. The number of allylic oxidation sites excluding steroid dienone is 1. The molecule has 0 aliphatic carbocycles. The second-order valence-electron chi connectivity index (χ2n) is 7.28. The molecule has 0 amide bonds. The number of aryl methyl sites for hydroxylation is 1. The number of nitrogens with two attached hydrogens (primary N) is 2. The molecule has 2 unspecified atom stereocenters. The Morgan fingerprint density at radius 3 is 2.69 bits per heavy atom. The number of hydrogen-bond acceptors (Lipinski definition) is 7. The highest BCUT2D eigenvalue weighted by Gasteiger charge is 2.20. The topological polar surface area (TPSA) is 137 Å². The van der Waals surface area contributed by atoms with E-state index >= 15 is 0 Å². The Bertz CT molecular complexity index is 1330. The van der Waals surface area contributed by atoms with Gasteiger partial charge in [-0.05, 0) is 44.5 Å². The number of hydrogen-bond donors (Lipinski definition) is 3. The second-order valence-corrected chi connectivity index (χ2v) is 8.64. The van der Waals surface area contributed by atoms with Crippen LogP contribution in [0.25, 0.3) is 16.5 Å². The van der Waals surface area contributed by atoms with Crippen molar-refractivity contribution in [3.63, 3.8) is 0 Å². The lowest BCUT2D eigenvalue weighted by Crippen LogP contribution is -2.15. The molecule has 2 heterocycles. The summed E-state index contributed by atoms with van der Waals surface area (Å²) in [5.41, 5.74) is 9.04. The van der Waals surface area contributed by atoms with Crippen LogP contribution in [0.4, 0.5) is 5.69 Å². The molecule has 0 aliphatic heterocycles. The Kier molecular flexibility index (Phi) is 7.12. The van der Waals surface area contributed by atoms with Crippen LogP contribution in [0.5, 0.6) is 0 Å². The molecule has 2 aromatic heterocycles.